The Hall–Kier alpha value is -1.19. The highest BCUT2D eigenvalue weighted by Gasteiger charge is 2.25. The molecular weight excluding hydrogens is 449 g/mol. The van der Waals surface area contributed by atoms with Gasteiger partial charge < -0.3 is 20.2 Å². The zero-order valence-corrected chi connectivity index (χ0v) is 17.7. The largest absolute Gasteiger partial charge is 0.466 e. The van der Waals surface area contributed by atoms with Crippen LogP contribution in [0.2, 0.25) is 0 Å². The van der Waals surface area contributed by atoms with E-state index in [0.717, 1.165) is 18.8 Å². The molecular formula is C18H26IN3O2S. The summed E-state index contributed by atoms with van der Waals surface area (Å²) in [6, 6.07) is 13.8. The first-order valence-electron chi connectivity index (χ1n) is 8.08. The molecule has 0 saturated heterocycles. The third-order valence-electron chi connectivity index (χ3n) is 3.35. The van der Waals surface area contributed by atoms with E-state index in [1.807, 2.05) is 25.1 Å². The molecule has 1 atom stereocenters. The number of thioether (sulfide) groups is 1. The zero-order valence-electron chi connectivity index (χ0n) is 14.6. The number of benzene rings is 1. The maximum atomic E-state index is 10.5. The number of rotatable bonds is 8. The molecule has 0 saturated carbocycles. The van der Waals surface area contributed by atoms with Crippen LogP contribution in [0.25, 0.3) is 0 Å². The van der Waals surface area contributed by atoms with Crippen molar-refractivity contribution in [3.63, 3.8) is 0 Å². The quantitative estimate of drug-likeness (QED) is 0.179. The van der Waals surface area contributed by atoms with Crippen LogP contribution in [-0.2, 0) is 5.60 Å². The number of hydrogen-bond acceptors (Lipinski definition) is 4. The van der Waals surface area contributed by atoms with Gasteiger partial charge in [-0.15, -0.1) is 35.7 Å². The second-order valence-electron chi connectivity index (χ2n) is 5.53. The number of guanidine groups is 1. The Bertz CT molecular complexity index is 619. The van der Waals surface area contributed by atoms with Gasteiger partial charge in [0.25, 0.3) is 0 Å². The molecule has 138 valence electrons. The number of aliphatic imine (C=N–C) groups is 1. The van der Waals surface area contributed by atoms with Gasteiger partial charge in [0.15, 0.2) is 5.96 Å². The topological polar surface area (TPSA) is 69.8 Å². The van der Waals surface area contributed by atoms with Crippen LogP contribution in [0.1, 0.15) is 19.6 Å². The number of nitrogens with zero attached hydrogens (tertiary/aromatic N) is 1. The van der Waals surface area contributed by atoms with Gasteiger partial charge in [0.1, 0.15) is 11.4 Å². The molecule has 1 aromatic heterocycles. The van der Waals surface area contributed by atoms with Crippen molar-refractivity contribution in [2.75, 3.05) is 25.4 Å². The predicted octanol–water partition coefficient (Wildman–Crippen LogP) is 3.45. The van der Waals surface area contributed by atoms with Gasteiger partial charge in [0.2, 0.25) is 0 Å². The van der Waals surface area contributed by atoms with E-state index >= 15 is 0 Å². The molecule has 0 amide bonds. The van der Waals surface area contributed by atoms with E-state index in [1.54, 1.807) is 37.1 Å². The number of hydrogen-bond donors (Lipinski definition) is 3. The lowest BCUT2D eigenvalue weighted by atomic mass is 10.0. The lowest BCUT2D eigenvalue weighted by molar-refractivity contribution is 0.0437. The summed E-state index contributed by atoms with van der Waals surface area (Å²) < 4.78 is 5.27. The highest BCUT2D eigenvalue weighted by atomic mass is 127. The summed E-state index contributed by atoms with van der Waals surface area (Å²) in [4.78, 5) is 5.71. The third-order valence-corrected chi connectivity index (χ3v) is 4.36. The minimum atomic E-state index is -1.12. The van der Waals surface area contributed by atoms with E-state index in [1.165, 1.54) is 4.90 Å². The van der Waals surface area contributed by atoms with Crippen LogP contribution in [0.15, 0.2) is 63.0 Å². The summed E-state index contributed by atoms with van der Waals surface area (Å²) in [5.41, 5.74) is -1.12. The third kappa shape index (κ3) is 7.70. The predicted molar refractivity (Wildman–Crippen MR) is 115 cm³/mol. The first-order chi connectivity index (χ1) is 11.6. The standard InChI is InChI=1S/C18H25N3O2S.HI/c1-3-19-17(20-11-13-24-15-8-5-4-6-9-15)21-14-18(2,22)16-10-7-12-23-16;/h4-10,12,22H,3,11,13-14H2,1-2H3,(H2,19,20,21);1H. The van der Waals surface area contributed by atoms with E-state index in [-0.39, 0.29) is 30.5 Å². The molecule has 0 fully saturated rings. The Morgan fingerprint density at radius 3 is 2.60 bits per heavy atom. The monoisotopic (exact) mass is 475 g/mol. The second kappa shape index (κ2) is 11.4. The smallest absolute Gasteiger partial charge is 0.191 e. The van der Waals surface area contributed by atoms with Crippen LogP contribution in [0.5, 0.6) is 0 Å². The SMILES string of the molecule is CCNC(=NCC(C)(O)c1ccco1)NCCSc1ccccc1.I. The molecule has 0 bridgehead atoms. The molecule has 0 aliphatic rings. The molecule has 0 spiro atoms. The first-order valence-corrected chi connectivity index (χ1v) is 9.07. The molecule has 2 rings (SSSR count). The van der Waals surface area contributed by atoms with Crippen molar-refractivity contribution in [2.24, 2.45) is 4.99 Å². The number of halogens is 1. The highest BCUT2D eigenvalue weighted by molar-refractivity contribution is 14.0. The van der Waals surface area contributed by atoms with Crippen LogP contribution in [0.4, 0.5) is 0 Å². The van der Waals surface area contributed by atoms with Crippen LogP contribution >= 0.6 is 35.7 Å². The van der Waals surface area contributed by atoms with Crippen molar-refractivity contribution < 1.29 is 9.52 Å². The van der Waals surface area contributed by atoms with E-state index in [2.05, 4.69) is 27.8 Å². The average molecular weight is 475 g/mol. The number of furan rings is 1. The van der Waals surface area contributed by atoms with Crippen molar-refractivity contribution in [3.8, 4) is 0 Å². The van der Waals surface area contributed by atoms with E-state index < -0.39 is 5.60 Å². The fraction of sp³-hybridized carbons (Fsp3) is 0.389. The second-order valence-corrected chi connectivity index (χ2v) is 6.70. The lowest BCUT2D eigenvalue weighted by Crippen LogP contribution is -2.39. The summed E-state index contributed by atoms with van der Waals surface area (Å²) in [5.74, 6) is 2.14. The molecule has 0 aliphatic heterocycles. The van der Waals surface area contributed by atoms with Gasteiger partial charge in [0, 0.05) is 23.7 Å². The van der Waals surface area contributed by atoms with Gasteiger partial charge in [-0.25, -0.2) is 4.99 Å². The van der Waals surface area contributed by atoms with E-state index in [9.17, 15) is 5.11 Å². The van der Waals surface area contributed by atoms with Gasteiger partial charge in [-0.1, -0.05) is 18.2 Å². The van der Waals surface area contributed by atoms with Crippen molar-refractivity contribution in [1.82, 2.24) is 10.6 Å². The van der Waals surface area contributed by atoms with Gasteiger partial charge >= 0.3 is 0 Å². The van der Waals surface area contributed by atoms with Gasteiger partial charge in [-0.2, -0.15) is 0 Å². The Kier molecular flexibility index (Phi) is 9.99. The Morgan fingerprint density at radius 1 is 1.20 bits per heavy atom. The molecule has 5 nitrogen and oxygen atoms in total. The molecule has 1 unspecified atom stereocenters. The maximum Gasteiger partial charge on any atom is 0.191 e. The Labute approximate surface area is 170 Å². The summed E-state index contributed by atoms with van der Waals surface area (Å²) in [6.07, 6.45) is 1.55. The fourth-order valence-electron chi connectivity index (χ4n) is 2.09. The van der Waals surface area contributed by atoms with E-state index in [0.29, 0.717) is 11.7 Å². The Morgan fingerprint density at radius 2 is 1.96 bits per heavy atom. The number of aliphatic hydroxyl groups is 1. The average Bonchev–Trinajstić information content (AvgIpc) is 3.13. The first kappa shape index (κ1) is 21.9. The molecule has 1 aromatic carbocycles. The van der Waals surface area contributed by atoms with Crippen LogP contribution in [0, 0.1) is 0 Å². The molecule has 0 aliphatic carbocycles. The highest BCUT2D eigenvalue weighted by Crippen LogP contribution is 2.21. The van der Waals surface area contributed by atoms with Crippen molar-refractivity contribution in [2.45, 2.75) is 24.3 Å². The maximum absolute atomic E-state index is 10.5. The van der Waals surface area contributed by atoms with Gasteiger partial charge in [-0.05, 0) is 38.1 Å². The molecule has 1 heterocycles. The van der Waals surface area contributed by atoms with Crippen molar-refractivity contribution in [3.05, 3.63) is 54.5 Å². The summed E-state index contributed by atoms with van der Waals surface area (Å²) in [7, 11) is 0. The molecule has 3 N–H and O–H groups in total. The van der Waals surface area contributed by atoms with Gasteiger partial charge in [0.05, 0.1) is 12.8 Å². The minimum Gasteiger partial charge on any atom is -0.466 e. The number of nitrogens with one attached hydrogen (secondary N) is 2. The van der Waals surface area contributed by atoms with Gasteiger partial charge in [-0.3, -0.25) is 0 Å². The zero-order chi connectivity index (χ0) is 17.3. The molecule has 7 heteroatoms. The van der Waals surface area contributed by atoms with Crippen molar-refractivity contribution >= 4 is 41.7 Å². The normalized spacial score (nSPS) is 13.6. The van der Waals surface area contributed by atoms with Crippen LogP contribution in [0.3, 0.4) is 0 Å². The summed E-state index contributed by atoms with van der Waals surface area (Å²) in [6.45, 7) is 5.49. The van der Waals surface area contributed by atoms with Crippen LogP contribution in [-0.4, -0.2) is 36.5 Å². The molecule has 0 radical (unpaired) electrons. The molecule has 25 heavy (non-hydrogen) atoms. The molecule has 2 aromatic rings. The fourth-order valence-corrected chi connectivity index (χ4v) is 2.88. The lowest BCUT2D eigenvalue weighted by Gasteiger charge is -2.19. The van der Waals surface area contributed by atoms with Crippen LogP contribution < -0.4 is 10.6 Å². The van der Waals surface area contributed by atoms with Crippen molar-refractivity contribution in [1.29, 1.82) is 0 Å². The summed E-state index contributed by atoms with van der Waals surface area (Å²) >= 11 is 1.79. The Balaban J connectivity index is 0.00000312. The summed E-state index contributed by atoms with van der Waals surface area (Å²) in [5, 5.41) is 16.9. The minimum absolute atomic E-state index is 0. The van der Waals surface area contributed by atoms with E-state index in [4.69, 9.17) is 4.42 Å².